The number of hydrogen-bond acceptors (Lipinski definition) is 4. The smallest absolute Gasteiger partial charge is 0.0964 e. The van der Waals surface area contributed by atoms with E-state index in [0.29, 0.717) is 6.10 Å². The maximum Gasteiger partial charge on any atom is 0.0964 e. The largest absolute Gasteiger partial charge is 0.376 e. The molecule has 0 aromatic carbocycles. The first kappa shape index (κ1) is 16.4. The lowest BCUT2D eigenvalue weighted by Gasteiger charge is -2.31. The van der Waals surface area contributed by atoms with Crippen molar-refractivity contribution in [1.29, 1.82) is 0 Å². The van der Waals surface area contributed by atoms with Gasteiger partial charge in [0, 0.05) is 12.7 Å². The van der Waals surface area contributed by atoms with Crippen molar-refractivity contribution >= 4 is 0 Å². The fourth-order valence-electron chi connectivity index (χ4n) is 2.88. The lowest BCUT2D eigenvalue weighted by molar-refractivity contribution is -0.00184. The molecule has 0 amide bonds. The van der Waals surface area contributed by atoms with E-state index in [0.717, 1.165) is 50.2 Å². The summed E-state index contributed by atoms with van der Waals surface area (Å²) in [6.45, 7) is 10.2. The monoisotopic (exact) mass is 294 g/mol. The highest BCUT2D eigenvalue weighted by molar-refractivity contribution is 4.91. The zero-order valence-corrected chi connectivity index (χ0v) is 13.7. The molecule has 2 rings (SSSR count). The summed E-state index contributed by atoms with van der Waals surface area (Å²) in [6, 6.07) is 0. The highest BCUT2D eigenvalue weighted by Gasteiger charge is 2.24. The van der Waals surface area contributed by atoms with E-state index in [1.54, 1.807) is 0 Å². The van der Waals surface area contributed by atoms with Crippen LogP contribution in [0.25, 0.3) is 0 Å². The van der Waals surface area contributed by atoms with Crippen LogP contribution in [-0.4, -0.2) is 34.2 Å². The van der Waals surface area contributed by atoms with Gasteiger partial charge in [0.25, 0.3) is 0 Å². The molecule has 0 saturated heterocycles. The van der Waals surface area contributed by atoms with Gasteiger partial charge in [-0.05, 0) is 44.1 Å². The zero-order chi connectivity index (χ0) is 15.1. The summed E-state index contributed by atoms with van der Waals surface area (Å²) in [4.78, 5) is 0. The number of aromatic nitrogens is 3. The van der Waals surface area contributed by atoms with E-state index in [4.69, 9.17) is 4.74 Å². The molecule has 5 nitrogen and oxygen atoms in total. The van der Waals surface area contributed by atoms with Crippen molar-refractivity contribution in [2.45, 2.75) is 65.6 Å². The molecule has 3 atom stereocenters. The van der Waals surface area contributed by atoms with Gasteiger partial charge in [-0.1, -0.05) is 26.0 Å². The molecule has 0 bridgehead atoms. The normalized spacial score (nSPS) is 26.1. The van der Waals surface area contributed by atoms with Crippen LogP contribution in [0.4, 0.5) is 0 Å². The SMILES string of the molecule is CCCNCc1cn(CCOC2CCC(C)C(C)C2)nn1. The van der Waals surface area contributed by atoms with Crippen LogP contribution >= 0.6 is 0 Å². The molecular formula is C16H30N4O. The minimum absolute atomic E-state index is 0.436. The fraction of sp³-hybridized carbons (Fsp3) is 0.875. The van der Waals surface area contributed by atoms with E-state index in [-0.39, 0.29) is 0 Å². The van der Waals surface area contributed by atoms with Gasteiger partial charge in [-0.15, -0.1) is 5.10 Å². The van der Waals surface area contributed by atoms with Gasteiger partial charge < -0.3 is 10.1 Å². The second-order valence-electron chi connectivity index (χ2n) is 6.41. The summed E-state index contributed by atoms with van der Waals surface area (Å²) in [5, 5.41) is 11.7. The topological polar surface area (TPSA) is 52.0 Å². The highest BCUT2D eigenvalue weighted by Crippen LogP contribution is 2.30. The van der Waals surface area contributed by atoms with Gasteiger partial charge >= 0.3 is 0 Å². The van der Waals surface area contributed by atoms with Crippen LogP contribution in [0.15, 0.2) is 6.20 Å². The van der Waals surface area contributed by atoms with E-state index in [1.165, 1.54) is 19.3 Å². The molecule has 1 N–H and O–H groups in total. The van der Waals surface area contributed by atoms with Crippen molar-refractivity contribution in [2.75, 3.05) is 13.2 Å². The van der Waals surface area contributed by atoms with Crippen LogP contribution in [0, 0.1) is 11.8 Å². The van der Waals surface area contributed by atoms with E-state index >= 15 is 0 Å². The molecule has 1 aliphatic rings. The Balaban J connectivity index is 1.64. The maximum atomic E-state index is 6.01. The summed E-state index contributed by atoms with van der Waals surface area (Å²) in [5.41, 5.74) is 1.00. The predicted molar refractivity (Wildman–Crippen MR) is 83.9 cm³/mol. The van der Waals surface area contributed by atoms with Crippen molar-refractivity contribution in [3.63, 3.8) is 0 Å². The van der Waals surface area contributed by atoms with Crippen LogP contribution in [0.5, 0.6) is 0 Å². The minimum atomic E-state index is 0.436. The molecule has 5 heteroatoms. The van der Waals surface area contributed by atoms with Crippen LogP contribution in [0.2, 0.25) is 0 Å². The van der Waals surface area contributed by atoms with Gasteiger partial charge in [-0.25, -0.2) is 4.68 Å². The number of rotatable bonds is 8. The second kappa shape index (κ2) is 8.49. The van der Waals surface area contributed by atoms with E-state index in [9.17, 15) is 0 Å². The van der Waals surface area contributed by atoms with Crippen molar-refractivity contribution < 1.29 is 4.74 Å². The van der Waals surface area contributed by atoms with Gasteiger partial charge in [-0.3, -0.25) is 0 Å². The van der Waals surface area contributed by atoms with Gasteiger partial charge in [0.15, 0.2) is 0 Å². The minimum Gasteiger partial charge on any atom is -0.376 e. The highest BCUT2D eigenvalue weighted by atomic mass is 16.5. The molecule has 1 saturated carbocycles. The number of nitrogens with one attached hydrogen (secondary N) is 1. The third-order valence-electron chi connectivity index (χ3n) is 4.54. The Bertz CT molecular complexity index is 407. The van der Waals surface area contributed by atoms with Crippen LogP contribution < -0.4 is 5.32 Å². The van der Waals surface area contributed by atoms with Crippen LogP contribution in [-0.2, 0) is 17.8 Å². The van der Waals surface area contributed by atoms with Crippen molar-refractivity contribution in [2.24, 2.45) is 11.8 Å². The molecule has 1 aliphatic carbocycles. The lowest BCUT2D eigenvalue weighted by atomic mass is 9.80. The Kier molecular flexibility index (Phi) is 6.64. The third-order valence-corrected chi connectivity index (χ3v) is 4.54. The maximum absolute atomic E-state index is 6.01. The van der Waals surface area contributed by atoms with Gasteiger partial charge in [0.05, 0.1) is 24.9 Å². The molecule has 1 heterocycles. The number of nitrogens with zero attached hydrogens (tertiary/aromatic N) is 3. The Labute approximate surface area is 128 Å². The van der Waals surface area contributed by atoms with Gasteiger partial charge in [0.2, 0.25) is 0 Å². The van der Waals surface area contributed by atoms with Crippen molar-refractivity contribution in [3.8, 4) is 0 Å². The lowest BCUT2D eigenvalue weighted by Crippen LogP contribution is -2.27. The molecular weight excluding hydrogens is 264 g/mol. The third kappa shape index (κ3) is 5.40. The average molecular weight is 294 g/mol. The molecule has 0 spiro atoms. The Morgan fingerprint density at radius 1 is 1.33 bits per heavy atom. The van der Waals surface area contributed by atoms with Crippen molar-refractivity contribution in [1.82, 2.24) is 20.3 Å². The van der Waals surface area contributed by atoms with Gasteiger partial charge in [-0.2, -0.15) is 0 Å². The second-order valence-corrected chi connectivity index (χ2v) is 6.41. The molecule has 0 aliphatic heterocycles. The molecule has 1 aromatic rings. The average Bonchev–Trinajstić information content (AvgIpc) is 2.91. The molecule has 0 radical (unpaired) electrons. The summed E-state index contributed by atoms with van der Waals surface area (Å²) in [6.07, 6.45) is 7.28. The Morgan fingerprint density at radius 2 is 2.19 bits per heavy atom. The van der Waals surface area contributed by atoms with E-state index in [2.05, 4.69) is 36.4 Å². The first-order chi connectivity index (χ1) is 10.2. The quantitative estimate of drug-likeness (QED) is 0.749. The standard InChI is InChI=1S/C16H30N4O/c1-4-7-17-11-15-12-20(19-18-15)8-9-21-16-6-5-13(2)14(3)10-16/h12-14,16-17H,4-11H2,1-3H3. The summed E-state index contributed by atoms with van der Waals surface area (Å²) >= 11 is 0. The predicted octanol–water partition coefficient (Wildman–Crippen LogP) is 2.62. The summed E-state index contributed by atoms with van der Waals surface area (Å²) in [5.74, 6) is 1.63. The van der Waals surface area contributed by atoms with Crippen LogP contribution in [0.3, 0.4) is 0 Å². The number of ether oxygens (including phenoxy) is 1. The summed E-state index contributed by atoms with van der Waals surface area (Å²) in [7, 11) is 0. The van der Waals surface area contributed by atoms with Gasteiger partial charge in [0.1, 0.15) is 0 Å². The zero-order valence-electron chi connectivity index (χ0n) is 13.7. The van der Waals surface area contributed by atoms with E-state index < -0.39 is 0 Å². The first-order valence-corrected chi connectivity index (χ1v) is 8.40. The van der Waals surface area contributed by atoms with Crippen molar-refractivity contribution in [3.05, 3.63) is 11.9 Å². The summed E-state index contributed by atoms with van der Waals surface area (Å²) < 4.78 is 7.90. The molecule has 120 valence electrons. The fourth-order valence-corrected chi connectivity index (χ4v) is 2.88. The molecule has 3 unspecified atom stereocenters. The Hall–Kier alpha value is -0.940. The molecule has 1 aromatic heterocycles. The molecule has 21 heavy (non-hydrogen) atoms. The van der Waals surface area contributed by atoms with Crippen LogP contribution in [0.1, 0.15) is 52.1 Å². The Morgan fingerprint density at radius 3 is 2.95 bits per heavy atom. The number of hydrogen-bond donors (Lipinski definition) is 1. The first-order valence-electron chi connectivity index (χ1n) is 8.40. The molecule has 1 fully saturated rings. The van der Waals surface area contributed by atoms with E-state index in [1.807, 2.05) is 10.9 Å².